The molecule has 2 heterocycles. The minimum Gasteiger partial charge on any atom is -0.466 e. The average Bonchev–Trinajstić information content (AvgIpc) is 3.77. The molecule has 1 unspecified atom stereocenters. The zero-order valence-corrected chi connectivity index (χ0v) is 26.4. The number of hydrogen-bond acceptors (Lipinski definition) is 5. The lowest BCUT2D eigenvalue weighted by Gasteiger charge is -2.34. The molecule has 1 amide bonds. The zero-order valence-electron chi connectivity index (χ0n) is 26.4. The normalized spacial score (nSPS) is 16.3. The summed E-state index contributed by atoms with van der Waals surface area (Å²) in [6.45, 7) is 10.7. The molecule has 2 N–H and O–H groups in total. The second kappa shape index (κ2) is 17.0. The molecule has 1 aromatic heterocycles. The number of esters is 1. The average molecular weight is 628 g/mol. The molecule has 2 fully saturated rings. The van der Waals surface area contributed by atoms with Crippen LogP contribution in [0.25, 0.3) is 5.57 Å². The summed E-state index contributed by atoms with van der Waals surface area (Å²) in [6.07, 6.45) is 6.95. The Morgan fingerprint density at radius 2 is 1.76 bits per heavy atom. The summed E-state index contributed by atoms with van der Waals surface area (Å²) in [7, 11) is 0. The molecule has 2 aliphatic rings. The highest BCUT2D eigenvalue weighted by atomic mass is 19.1. The molecule has 1 aliphatic carbocycles. The number of amides is 1. The maximum atomic E-state index is 14.1. The third-order valence-corrected chi connectivity index (χ3v) is 7.81. The summed E-state index contributed by atoms with van der Waals surface area (Å²) in [5.74, 6) is -1.56. The van der Waals surface area contributed by atoms with Gasteiger partial charge in [0.05, 0.1) is 13.0 Å². The monoisotopic (exact) mass is 627 g/mol. The van der Waals surface area contributed by atoms with Crippen LogP contribution < -0.4 is 11.3 Å². The molecule has 1 saturated heterocycles. The van der Waals surface area contributed by atoms with E-state index < -0.39 is 35.7 Å². The van der Waals surface area contributed by atoms with Gasteiger partial charge >= 0.3 is 5.97 Å². The smallest absolute Gasteiger partial charge is 0.306 e. The van der Waals surface area contributed by atoms with E-state index in [0.717, 1.165) is 48.1 Å². The summed E-state index contributed by atoms with van der Waals surface area (Å²) in [6, 6.07) is 8.35. The van der Waals surface area contributed by atoms with Crippen LogP contribution in [0.2, 0.25) is 0 Å². The van der Waals surface area contributed by atoms with Crippen LogP contribution in [0.3, 0.4) is 0 Å². The van der Waals surface area contributed by atoms with Crippen molar-refractivity contribution in [3.05, 3.63) is 99.5 Å². The van der Waals surface area contributed by atoms with Gasteiger partial charge in [-0.15, -0.1) is 0 Å². The number of benzene rings is 1. The van der Waals surface area contributed by atoms with Gasteiger partial charge in [0, 0.05) is 38.3 Å². The number of ether oxygens (including phenoxy) is 1. The summed E-state index contributed by atoms with van der Waals surface area (Å²) < 4.78 is 46.4. The van der Waals surface area contributed by atoms with Crippen LogP contribution in [0, 0.1) is 19.8 Å². The van der Waals surface area contributed by atoms with E-state index in [9.17, 15) is 27.6 Å². The van der Waals surface area contributed by atoms with Crippen LogP contribution in [0.1, 0.15) is 67.3 Å². The van der Waals surface area contributed by atoms with E-state index in [2.05, 4.69) is 6.58 Å². The van der Waals surface area contributed by atoms with E-state index in [1.54, 1.807) is 19.2 Å². The van der Waals surface area contributed by atoms with E-state index in [0.29, 0.717) is 31.0 Å². The molecular weight excluding hydrogens is 583 g/mol. The summed E-state index contributed by atoms with van der Waals surface area (Å²) in [5, 5.41) is 0. The Balaban J connectivity index is 0.000000245. The first-order valence-electron chi connectivity index (χ1n) is 15.4. The number of alkyl halides is 1. The van der Waals surface area contributed by atoms with Gasteiger partial charge in [-0.05, 0) is 79.5 Å². The molecule has 0 spiro atoms. The SMILES string of the molecule is C=C(F)/C=C(\C=C(/F)CCC(=O)OCC)c1c(C)cccc1C.NC(=O)C(CC1CC1)n1cc(CCN2CC(F)C2)ccc1=O. The Morgan fingerprint density at radius 1 is 1.09 bits per heavy atom. The maximum absolute atomic E-state index is 14.1. The van der Waals surface area contributed by atoms with Crippen molar-refractivity contribution in [3.63, 3.8) is 0 Å². The lowest BCUT2D eigenvalue weighted by atomic mass is 9.94. The van der Waals surface area contributed by atoms with Crippen molar-refractivity contribution in [1.82, 2.24) is 9.47 Å². The maximum Gasteiger partial charge on any atom is 0.306 e. The molecule has 1 atom stereocenters. The van der Waals surface area contributed by atoms with Crippen molar-refractivity contribution >= 4 is 17.4 Å². The lowest BCUT2D eigenvalue weighted by Crippen LogP contribution is -2.48. The molecule has 4 rings (SSSR count). The van der Waals surface area contributed by atoms with E-state index in [4.69, 9.17) is 10.5 Å². The van der Waals surface area contributed by atoms with Crippen molar-refractivity contribution in [2.24, 2.45) is 11.7 Å². The van der Waals surface area contributed by atoms with Crippen LogP contribution in [0.5, 0.6) is 0 Å². The number of halogens is 3. The van der Waals surface area contributed by atoms with Gasteiger partial charge in [0.2, 0.25) is 5.91 Å². The topological polar surface area (TPSA) is 94.6 Å². The number of primary amides is 1. The number of pyridine rings is 1. The van der Waals surface area contributed by atoms with Crippen molar-refractivity contribution in [3.8, 4) is 0 Å². The molecule has 2 aromatic rings. The second-order valence-corrected chi connectivity index (χ2v) is 11.7. The van der Waals surface area contributed by atoms with Crippen LogP contribution in [-0.4, -0.2) is 53.8 Å². The highest BCUT2D eigenvalue weighted by Crippen LogP contribution is 2.36. The van der Waals surface area contributed by atoms with Gasteiger partial charge in [-0.3, -0.25) is 19.3 Å². The van der Waals surface area contributed by atoms with E-state index in [-0.39, 0.29) is 25.0 Å². The second-order valence-electron chi connectivity index (χ2n) is 11.7. The van der Waals surface area contributed by atoms with Gasteiger partial charge in [0.15, 0.2) is 0 Å². The molecule has 244 valence electrons. The highest BCUT2D eigenvalue weighted by molar-refractivity contribution is 5.80. The molecule has 7 nitrogen and oxygen atoms in total. The van der Waals surface area contributed by atoms with Gasteiger partial charge in [0.25, 0.3) is 5.56 Å². The molecule has 10 heteroatoms. The summed E-state index contributed by atoms with van der Waals surface area (Å²) in [5.41, 5.74) is 9.24. The predicted octanol–water partition coefficient (Wildman–Crippen LogP) is 6.24. The molecular formula is C35H44F3N3O4. The number of allylic oxidation sites excluding steroid dienone is 5. The van der Waals surface area contributed by atoms with Crippen molar-refractivity contribution in [1.29, 1.82) is 0 Å². The predicted molar refractivity (Wildman–Crippen MR) is 171 cm³/mol. The van der Waals surface area contributed by atoms with Gasteiger partial charge in [-0.2, -0.15) is 0 Å². The molecule has 0 radical (unpaired) electrons. The Hall–Kier alpha value is -3.92. The first-order chi connectivity index (χ1) is 21.4. The number of rotatable bonds is 14. The quantitative estimate of drug-likeness (QED) is 0.198. The minimum atomic E-state index is -0.702. The van der Waals surface area contributed by atoms with E-state index >= 15 is 0 Å². The molecule has 1 aliphatic heterocycles. The highest BCUT2D eigenvalue weighted by Gasteiger charge is 2.30. The Morgan fingerprint density at radius 3 is 2.31 bits per heavy atom. The number of aromatic nitrogens is 1. The van der Waals surface area contributed by atoms with Gasteiger partial charge in [-0.1, -0.05) is 43.7 Å². The number of carbonyl (C=O) groups is 2. The van der Waals surface area contributed by atoms with Crippen molar-refractivity contribution in [2.45, 2.75) is 71.5 Å². The Labute approximate surface area is 263 Å². The lowest BCUT2D eigenvalue weighted by molar-refractivity contribution is -0.143. The zero-order chi connectivity index (χ0) is 33.1. The molecule has 1 aromatic carbocycles. The molecule has 0 bridgehead atoms. The summed E-state index contributed by atoms with van der Waals surface area (Å²) in [4.78, 5) is 37.1. The summed E-state index contributed by atoms with van der Waals surface area (Å²) >= 11 is 0. The number of carbonyl (C=O) groups excluding carboxylic acids is 2. The fraction of sp³-hybridized carbons (Fsp3) is 0.457. The van der Waals surface area contributed by atoms with Gasteiger partial charge in [-0.25, -0.2) is 13.2 Å². The number of likely N-dealkylation sites (tertiary alicyclic amines) is 1. The van der Waals surface area contributed by atoms with Crippen LogP contribution in [0.15, 0.2) is 71.7 Å². The first kappa shape index (κ1) is 35.6. The number of nitrogens with zero attached hydrogens (tertiary/aromatic N) is 2. The fourth-order valence-electron chi connectivity index (χ4n) is 5.27. The fourth-order valence-corrected chi connectivity index (χ4v) is 5.27. The van der Waals surface area contributed by atoms with Crippen molar-refractivity contribution in [2.75, 3.05) is 26.2 Å². The van der Waals surface area contributed by atoms with Crippen LogP contribution in [-0.2, 0) is 20.7 Å². The van der Waals surface area contributed by atoms with E-state index in [1.165, 1.54) is 22.8 Å². The van der Waals surface area contributed by atoms with Crippen LogP contribution >= 0.6 is 0 Å². The number of hydrogen-bond donors (Lipinski definition) is 1. The van der Waals surface area contributed by atoms with Crippen molar-refractivity contribution < 1.29 is 27.5 Å². The third-order valence-electron chi connectivity index (χ3n) is 7.81. The minimum absolute atomic E-state index is 0.0488. The molecule has 45 heavy (non-hydrogen) atoms. The first-order valence-corrected chi connectivity index (χ1v) is 15.4. The van der Waals surface area contributed by atoms with Crippen LogP contribution in [0.4, 0.5) is 13.2 Å². The Kier molecular flexibility index (Phi) is 13.4. The van der Waals surface area contributed by atoms with Gasteiger partial charge < -0.3 is 15.0 Å². The number of nitrogens with two attached hydrogens (primary N) is 1. The standard InChI is InChI=1S/C19H22F2O2.C16H22FN3O2/c1-5-23-18(22)10-9-17(21)12-16(11-15(4)20)19-13(2)7-6-8-14(19)3;17-13-9-19(10-13)6-5-12-3-4-15(21)20(8-12)14(16(18)22)7-11-1-2-11/h6-8,11-12H,4-5,9-10H2,1-3H3;3-4,8,11,13-14H,1-2,5-7,9-10H2,(H2,18,22)/b16-11+,17-12-;. The third kappa shape index (κ3) is 11.5. The largest absolute Gasteiger partial charge is 0.466 e. The number of aryl methyl sites for hydroxylation is 2. The molecule has 1 saturated carbocycles. The van der Waals surface area contributed by atoms with E-state index in [1.807, 2.05) is 36.9 Å². The van der Waals surface area contributed by atoms with Gasteiger partial charge in [0.1, 0.15) is 23.9 Å². The Bertz CT molecular complexity index is 1450.